The van der Waals surface area contributed by atoms with Crippen molar-refractivity contribution in [2.75, 3.05) is 0 Å². The van der Waals surface area contributed by atoms with Gasteiger partial charge in [0.25, 0.3) is 0 Å². The first-order chi connectivity index (χ1) is 12.2. The van der Waals surface area contributed by atoms with E-state index in [1.54, 1.807) is 0 Å². The minimum atomic E-state index is 0.274. The Morgan fingerprint density at radius 2 is 1.88 bits per heavy atom. The predicted octanol–water partition coefficient (Wildman–Crippen LogP) is 5.96. The van der Waals surface area contributed by atoms with E-state index in [9.17, 15) is 0 Å². The third-order valence-electron chi connectivity index (χ3n) is 6.03. The highest BCUT2D eigenvalue weighted by Crippen LogP contribution is 2.37. The molecule has 0 aromatic carbocycles. The van der Waals surface area contributed by atoms with E-state index in [1.165, 1.54) is 49.7 Å². The maximum Gasteiger partial charge on any atom is 0.141 e. The summed E-state index contributed by atoms with van der Waals surface area (Å²) in [5.41, 5.74) is 3.48. The fraction of sp³-hybridized carbons (Fsp3) is 0.682. The number of aromatic nitrogens is 1. The van der Waals surface area contributed by atoms with Gasteiger partial charge < -0.3 is 4.74 Å². The van der Waals surface area contributed by atoms with Crippen LogP contribution in [0.25, 0.3) is 0 Å². The monoisotopic (exact) mass is 340 g/mol. The van der Waals surface area contributed by atoms with Crippen molar-refractivity contribution in [2.24, 2.45) is 5.92 Å². The van der Waals surface area contributed by atoms with Gasteiger partial charge in [0.2, 0.25) is 0 Å². The van der Waals surface area contributed by atoms with Gasteiger partial charge in [-0.1, -0.05) is 19.3 Å². The number of ether oxygens (including phenoxy) is 1. The van der Waals surface area contributed by atoms with Crippen molar-refractivity contribution in [3.63, 3.8) is 0 Å². The zero-order chi connectivity index (χ0) is 17.6. The lowest BCUT2D eigenvalue weighted by molar-refractivity contribution is 0.150. The fourth-order valence-corrected chi connectivity index (χ4v) is 4.42. The van der Waals surface area contributed by atoms with Crippen LogP contribution in [0.1, 0.15) is 88.3 Å². The molecule has 3 rings (SSSR count). The van der Waals surface area contributed by atoms with E-state index >= 15 is 0 Å². The van der Waals surface area contributed by atoms with E-state index in [2.05, 4.69) is 25.8 Å². The lowest BCUT2D eigenvalue weighted by Crippen LogP contribution is -2.22. The molecule has 2 aliphatic rings. The van der Waals surface area contributed by atoms with Crippen LogP contribution in [0.15, 0.2) is 17.8 Å². The second-order valence-corrected chi connectivity index (χ2v) is 7.97. The molecule has 1 heterocycles. The minimum absolute atomic E-state index is 0.274. The van der Waals surface area contributed by atoms with Crippen molar-refractivity contribution in [1.29, 1.82) is 5.41 Å². The van der Waals surface area contributed by atoms with Gasteiger partial charge in [0.1, 0.15) is 5.75 Å². The van der Waals surface area contributed by atoms with Crippen molar-refractivity contribution in [2.45, 2.75) is 90.1 Å². The van der Waals surface area contributed by atoms with E-state index in [0.29, 0.717) is 11.8 Å². The molecule has 3 nitrogen and oxygen atoms in total. The van der Waals surface area contributed by atoms with Crippen LogP contribution in [0, 0.1) is 18.3 Å². The lowest BCUT2D eigenvalue weighted by atomic mass is 9.86. The Balaban J connectivity index is 1.78. The third-order valence-corrected chi connectivity index (χ3v) is 6.03. The van der Waals surface area contributed by atoms with E-state index in [4.69, 9.17) is 15.1 Å². The summed E-state index contributed by atoms with van der Waals surface area (Å²) >= 11 is 0. The highest BCUT2D eigenvalue weighted by molar-refractivity contribution is 5.54. The van der Waals surface area contributed by atoms with Crippen molar-refractivity contribution < 1.29 is 4.74 Å². The Bertz CT molecular complexity index is 627. The van der Waals surface area contributed by atoms with Crippen molar-refractivity contribution >= 4 is 5.87 Å². The molecule has 0 radical (unpaired) electrons. The second-order valence-electron chi connectivity index (χ2n) is 7.97. The Kier molecular flexibility index (Phi) is 6.31. The van der Waals surface area contributed by atoms with Gasteiger partial charge in [0, 0.05) is 12.1 Å². The largest absolute Gasteiger partial charge is 0.489 e. The SMILES string of the molecule is Cc1cnc(C2CCCCC(=C=N)CC2)c(OC(C)C2CCCC2)c1. The third kappa shape index (κ3) is 4.73. The molecule has 136 valence electrons. The number of pyridine rings is 1. The highest BCUT2D eigenvalue weighted by atomic mass is 16.5. The van der Waals surface area contributed by atoms with Gasteiger partial charge in [-0.05, 0) is 87.8 Å². The number of aryl methyl sites for hydroxylation is 1. The smallest absolute Gasteiger partial charge is 0.141 e. The molecule has 3 heteroatoms. The Labute approximate surface area is 152 Å². The Hall–Kier alpha value is -1.60. The minimum Gasteiger partial charge on any atom is -0.489 e. The number of allylic oxidation sites excluding steroid dienone is 1. The molecule has 0 spiro atoms. The summed E-state index contributed by atoms with van der Waals surface area (Å²) in [7, 11) is 0. The van der Waals surface area contributed by atoms with Gasteiger partial charge in [0.15, 0.2) is 0 Å². The van der Waals surface area contributed by atoms with Gasteiger partial charge in [-0.2, -0.15) is 0 Å². The maximum absolute atomic E-state index is 7.47. The summed E-state index contributed by atoms with van der Waals surface area (Å²) in [6.07, 6.45) is 14.2. The van der Waals surface area contributed by atoms with Crippen LogP contribution in [0.4, 0.5) is 0 Å². The first-order valence-corrected chi connectivity index (χ1v) is 10.1. The zero-order valence-electron chi connectivity index (χ0n) is 15.8. The van der Waals surface area contributed by atoms with Crippen molar-refractivity contribution in [1.82, 2.24) is 4.98 Å². The molecule has 1 N–H and O–H groups in total. The maximum atomic E-state index is 7.47. The molecule has 0 saturated heterocycles. The van der Waals surface area contributed by atoms with Crippen LogP contribution in [0.2, 0.25) is 0 Å². The van der Waals surface area contributed by atoms with Crippen molar-refractivity contribution in [3.8, 4) is 5.75 Å². The average molecular weight is 341 g/mol. The molecule has 0 aliphatic heterocycles. The van der Waals surface area contributed by atoms with E-state index in [0.717, 1.165) is 37.1 Å². The normalized spacial score (nSPS) is 23.6. The fourth-order valence-electron chi connectivity index (χ4n) is 4.42. The predicted molar refractivity (Wildman–Crippen MR) is 103 cm³/mol. The van der Waals surface area contributed by atoms with Gasteiger partial charge in [-0.15, -0.1) is 0 Å². The van der Waals surface area contributed by atoms with Crippen LogP contribution in [0.3, 0.4) is 0 Å². The summed E-state index contributed by atoms with van der Waals surface area (Å²) in [5, 5.41) is 7.47. The Morgan fingerprint density at radius 3 is 2.64 bits per heavy atom. The molecule has 2 unspecified atom stereocenters. The number of hydrogen-bond donors (Lipinski definition) is 1. The molecule has 25 heavy (non-hydrogen) atoms. The molecular formula is C22H32N2O. The van der Waals surface area contributed by atoms with Crippen LogP contribution in [0.5, 0.6) is 5.75 Å². The van der Waals surface area contributed by atoms with Gasteiger partial charge in [-0.3, -0.25) is 10.4 Å². The first-order valence-electron chi connectivity index (χ1n) is 10.1. The molecule has 2 aliphatic carbocycles. The van der Waals surface area contributed by atoms with Crippen LogP contribution >= 0.6 is 0 Å². The van der Waals surface area contributed by atoms with Crippen LogP contribution in [-0.4, -0.2) is 17.0 Å². The number of hydrogen-bond acceptors (Lipinski definition) is 3. The van der Waals surface area contributed by atoms with E-state index in [-0.39, 0.29) is 6.10 Å². The van der Waals surface area contributed by atoms with Gasteiger partial charge >= 0.3 is 0 Å². The molecule has 1 aromatic rings. The molecule has 1 aromatic heterocycles. The van der Waals surface area contributed by atoms with Gasteiger partial charge in [-0.25, -0.2) is 0 Å². The quantitative estimate of drug-likeness (QED) is 0.687. The second kappa shape index (κ2) is 8.67. The van der Waals surface area contributed by atoms with Crippen molar-refractivity contribution in [3.05, 3.63) is 29.1 Å². The zero-order valence-corrected chi connectivity index (χ0v) is 15.8. The summed E-state index contributed by atoms with van der Waals surface area (Å²) in [6, 6.07) is 2.18. The van der Waals surface area contributed by atoms with Gasteiger partial charge in [0.05, 0.1) is 11.8 Å². The molecule has 2 saturated carbocycles. The number of nitrogens with zero attached hydrogens (tertiary/aromatic N) is 1. The average Bonchev–Trinajstić information content (AvgIpc) is 3.11. The standard InChI is InChI=1S/C22H32N2O/c1-16-13-21(25-17(2)19-8-5-6-9-19)22(24-15-16)20-10-4-3-7-18(14-23)11-12-20/h13,15,17,19-20,23H,3-12H2,1-2H3. The molecule has 2 fully saturated rings. The van der Waals surface area contributed by atoms with E-state index in [1.807, 2.05) is 6.20 Å². The molecule has 0 amide bonds. The Morgan fingerprint density at radius 1 is 1.12 bits per heavy atom. The topological polar surface area (TPSA) is 46.0 Å². The van der Waals surface area contributed by atoms with E-state index < -0.39 is 0 Å². The summed E-state index contributed by atoms with van der Waals surface area (Å²) in [4.78, 5) is 4.80. The number of rotatable bonds is 4. The molecule has 2 atom stereocenters. The molecular weight excluding hydrogens is 308 g/mol. The number of nitrogens with one attached hydrogen (secondary N) is 1. The summed E-state index contributed by atoms with van der Waals surface area (Å²) < 4.78 is 6.47. The lowest BCUT2D eigenvalue weighted by Gasteiger charge is -2.26. The summed E-state index contributed by atoms with van der Waals surface area (Å²) in [5.74, 6) is 4.79. The summed E-state index contributed by atoms with van der Waals surface area (Å²) in [6.45, 7) is 4.33. The first kappa shape index (κ1) is 18.2. The molecule has 0 bridgehead atoms. The van der Waals surface area contributed by atoms with Crippen LogP contribution < -0.4 is 4.74 Å². The highest BCUT2D eigenvalue weighted by Gasteiger charge is 2.26. The van der Waals surface area contributed by atoms with Crippen LogP contribution in [-0.2, 0) is 0 Å².